The summed E-state index contributed by atoms with van der Waals surface area (Å²) in [6.45, 7) is 2.28. The fourth-order valence-corrected chi connectivity index (χ4v) is 2.78. The number of hydrogen-bond donors (Lipinski definition) is 0. The van der Waals surface area contributed by atoms with E-state index in [2.05, 4.69) is 49.4 Å². The normalized spacial score (nSPS) is 10.3. The van der Waals surface area contributed by atoms with Crippen LogP contribution in [0.5, 0.6) is 0 Å². The Hall–Kier alpha value is 0.570. The SMILES string of the molecule is CCCCCCCCCc1cccc2ccccc12.O=S(=O)([O-])[O-].[Na+].[Na+]. The standard InChI is InChI=1S/C19H26.2Na.H2O4S/c1-2-3-4-5-6-7-8-12-17-14-11-15-18-13-9-10-16-19(17)18;;;1-5(2,3)4/h9-11,13-16H,2-8,12H2,1H3;;;(H2,1,2,3,4)/q;2*+1;/p-2. The monoisotopic (exact) mass is 396 g/mol. The van der Waals surface area contributed by atoms with Crippen LogP contribution in [-0.4, -0.2) is 17.5 Å². The van der Waals surface area contributed by atoms with Crippen molar-refractivity contribution in [2.45, 2.75) is 58.3 Å². The number of rotatable bonds is 8. The fourth-order valence-electron chi connectivity index (χ4n) is 2.78. The van der Waals surface area contributed by atoms with Gasteiger partial charge in [0.25, 0.3) is 0 Å². The molecule has 26 heavy (non-hydrogen) atoms. The predicted octanol–water partition coefficient (Wildman–Crippen LogP) is -1.20. The minimum absolute atomic E-state index is 0. The number of fused-ring (bicyclic) bond motifs is 1. The maximum absolute atomic E-state index is 8.52. The zero-order valence-electron chi connectivity index (χ0n) is 16.2. The molecule has 0 unspecified atom stereocenters. The van der Waals surface area contributed by atoms with Crippen LogP contribution in [0.1, 0.15) is 57.4 Å². The van der Waals surface area contributed by atoms with Gasteiger partial charge in [0, 0.05) is 10.4 Å². The van der Waals surface area contributed by atoms with Gasteiger partial charge in [0.2, 0.25) is 0 Å². The molecule has 0 bridgehead atoms. The molecule has 0 aliphatic carbocycles. The van der Waals surface area contributed by atoms with E-state index in [0.717, 1.165) is 0 Å². The molecule has 0 saturated carbocycles. The van der Waals surface area contributed by atoms with Crippen molar-refractivity contribution in [2.75, 3.05) is 0 Å². The molecular formula is C19H26Na2O4S. The van der Waals surface area contributed by atoms with Crippen LogP contribution in [0.15, 0.2) is 42.5 Å². The number of aryl methyl sites for hydroxylation is 1. The Morgan fingerprint density at radius 3 is 1.88 bits per heavy atom. The predicted molar refractivity (Wildman–Crippen MR) is 96.1 cm³/mol. The van der Waals surface area contributed by atoms with E-state index in [1.54, 1.807) is 0 Å². The Bertz CT molecular complexity index is 692. The van der Waals surface area contributed by atoms with Gasteiger partial charge in [-0.05, 0) is 29.2 Å². The van der Waals surface area contributed by atoms with Crippen molar-refractivity contribution < 1.29 is 76.6 Å². The van der Waals surface area contributed by atoms with Crippen LogP contribution < -0.4 is 59.1 Å². The van der Waals surface area contributed by atoms with Crippen LogP contribution in [0.25, 0.3) is 10.8 Å². The largest absolute Gasteiger partial charge is 1.00 e. The van der Waals surface area contributed by atoms with Gasteiger partial charge in [-0.25, -0.2) is 0 Å². The molecule has 0 saturated heterocycles. The topological polar surface area (TPSA) is 80.3 Å². The first-order chi connectivity index (χ1) is 11.4. The van der Waals surface area contributed by atoms with Crippen LogP contribution >= 0.6 is 0 Å². The molecule has 0 amide bonds. The van der Waals surface area contributed by atoms with Gasteiger partial charge in [-0.3, -0.25) is 8.42 Å². The Labute approximate surface area is 202 Å². The molecule has 0 spiro atoms. The molecule has 0 aliphatic rings. The Balaban J connectivity index is 0. The number of benzene rings is 2. The summed E-state index contributed by atoms with van der Waals surface area (Å²) in [5.74, 6) is 0. The molecule has 0 aromatic heterocycles. The van der Waals surface area contributed by atoms with Gasteiger partial charge >= 0.3 is 59.1 Å². The molecule has 0 radical (unpaired) electrons. The summed E-state index contributed by atoms with van der Waals surface area (Å²) in [5, 5.41) is 2.82. The van der Waals surface area contributed by atoms with Crippen molar-refractivity contribution in [1.29, 1.82) is 0 Å². The van der Waals surface area contributed by atoms with Crippen LogP contribution in [0.3, 0.4) is 0 Å². The van der Waals surface area contributed by atoms with Crippen molar-refractivity contribution in [2.24, 2.45) is 0 Å². The van der Waals surface area contributed by atoms with Gasteiger partial charge in [-0.2, -0.15) is 0 Å². The molecular weight excluding hydrogens is 370 g/mol. The van der Waals surface area contributed by atoms with Crippen LogP contribution in [0.4, 0.5) is 0 Å². The number of hydrogen-bond acceptors (Lipinski definition) is 4. The molecule has 0 fully saturated rings. The van der Waals surface area contributed by atoms with E-state index in [4.69, 9.17) is 17.5 Å². The van der Waals surface area contributed by atoms with Gasteiger partial charge in [0.1, 0.15) is 0 Å². The summed E-state index contributed by atoms with van der Waals surface area (Å²) in [6, 6.07) is 15.4. The third-order valence-corrected chi connectivity index (χ3v) is 3.93. The molecule has 0 aliphatic heterocycles. The average molecular weight is 396 g/mol. The minimum atomic E-state index is -5.17. The first-order valence-corrected chi connectivity index (χ1v) is 9.88. The summed E-state index contributed by atoms with van der Waals surface area (Å²) in [4.78, 5) is 0. The minimum Gasteiger partial charge on any atom is -0.759 e. The van der Waals surface area contributed by atoms with Crippen LogP contribution in [-0.2, 0) is 16.8 Å². The van der Waals surface area contributed by atoms with Gasteiger partial charge in [-0.15, -0.1) is 0 Å². The van der Waals surface area contributed by atoms with Crippen LogP contribution in [0, 0.1) is 0 Å². The molecule has 2 rings (SSSR count). The first-order valence-electron chi connectivity index (χ1n) is 8.55. The Kier molecular flexibility index (Phi) is 18.3. The first kappa shape index (κ1) is 28.8. The smallest absolute Gasteiger partial charge is 0.759 e. The van der Waals surface area contributed by atoms with E-state index in [9.17, 15) is 0 Å². The zero-order valence-corrected chi connectivity index (χ0v) is 21.1. The maximum Gasteiger partial charge on any atom is 1.00 e. The molecule has 0 atom stereocenters. The summed E-state index contributed by atoms with van der Waals surface area (Å²) in [6.07, 6.45) is 10.9. The van der Waals surface area contributed by atoms with Crippen LogP contribution in [0.2, 0.25) is 0 Å². The second-order valence-electron chi connectivity index (χ2n) is 5.92. The number of unbranched alkanes of at least 4 members (excludes halogenated alkanes) is 6. The van der Waals surface area contributed by atoms with Crippen molar-refractivity contribution in [3.63, 3.8) is 0 Å². The zero-order chi connectivity index (χ0) is 17.8. The second-order valence-corrected chi connectivity index (χ2v) is 6.73. The van der Waals surface area contributed by atoms with Gasteiger partial charge < -0.3 is 9.11 Å². The van der Waals surface area contributed by atoms with Crippen molar-refractivity contribution in [3.05, 3.63) is 48.0 Å². The average Bonchev–Trinajstić information content (AvgIpc) is 2.52. The van der Waals surface area contributed by atoms with Gasteiger partial charge in [-0.1, -0.05) is 87.9 Å². The van der Waals surface area contributed by atoms with Crippen molar-refractivity contribution in [1.82, 2.24) is 0 Å². The molecule has 134 valence electrons. The van der Waals surface area contributed by atoms with E-state index < -0.39 is 10.4 Å². The summed E-state index contributed by atoms with van der Waals surface area (Å²) >= 11 is 0. The fraction of sp³-hybridized carbons (Fsp3) is 0.474. The molecule has 7 heteroatoms. The van der Waals surface area contributed by atoms with E-state index in [-0.39, 0.29) is 59.1 Å². The Morgan fingerprint density at radius 1 is 0.769 bits per heavy atom. The summed E-state index contributed by atoms with van der Waals surface area (Å²) in [7, 11) is -5.17. The molecule has 0 N–H and O–H groups in total. The van der Waals surface area contributed by atoms with Crippen molar-refractivity contribution in [3.8, 4) is 0 Å². The molecule has 2 aromatic rings. The summed E-state index contributed by atoms with van der Waals surface area (Å²) in [5.41, 5.74) is 1.52. The maximum atomic E-state index is 8.52. The van der Waals surface area contributed by atoms with Gasteiger partial charge in [0.05, 0.1) is 0 Å². The van der Waals surface area contributed by atoms with E-state index in [1.165, 1.54) is 67.7 Å². The Morgan fingerprint density at radius 2 is 1.27 bits per heavy atom. The molecule has 2 aromatic carbocycles. The third-order valence-electron chi connectivity index (χ3n) is 3.93. The third kappa shape index (κ3) is 14.6. The molecule has 4 nitrogen and oxygen atoms in total. The van der Waals surface area contributed by atoms with E-state index in [0.29, 0.717) is 0 Å². The second kappa shape index (κ2) is 16.5. The quantitative estimate of drug-likeness (QED) is 0.243. The van der Waals surface area contributed by atoms with E-state index in [1.807, 2.05) is 0 Å². The van der Waals surface area contributed by atoms with Crippen molar-refractivity contribution >= 4 is 21.2 Å². The molecule has 0 heterocycles. The van der Waals surface area contributed by atoms with Gasteiger partial charge in [0.15, 0.2) is 0 Å². The van der Waals surface area contributed by atoms with E-state index >= 15 is 0 Å². The summed E-state index contributed by atoms with van der Waals surface area (Å²) < 4.78 is 34.1.